The number of rotatable bonds is 4. The third kappa shape index (κ3) is 2.53. The van der Waals surface area contributed by atoms with Gasteiger partial charge in [0, 0.05) is 22.3 Å². The highest BCUT2D eigenvalue weighted by molar-refractivity contribution is 6.26. The highest BCUT2D eigenvalue weighted by Gasteiger charge is 2.27. The maximum Gasteiger partial charge on any atom is 0.189 e. The van der Waals surface area contributed by atoms with Crippen molar-refractivity contribution >= 4 is 11.6 Å². The van der Waals surface area contributed by atoms with Gasteiger partial charge in [-0.05, 0) is 38.3 Å². The van der Waals surface area contributed by atoms with E-state index >= 15 is 0 Å². The lowest BCUT2D eigenvalue weighted by molar-refractivity contribution is 0.0975. The Morgan fingerprint density at radius 1 is 0.895 bits per heavy atom. The summed E-state index contributed by atoms with van der Waals surface area (Å²) in [5, 5.41) is 0. The molecule has 2 nitrogen and oxygen atoms in total. The maximum atomic E-state index is 12.2. The van der Waals surface area contributed by atoms with Crippen LogP contribution in [0.1, 0.15) is 66.3 Å². The molecular formula is C17H20O2. The highest BCUT2D eigenvalue weighted by Crippen LogP contribution is 2.27. The van der Waals surface area contributed by atoms with E-state index in [1.807, 2.05) is 18.2 Å². The summed E-state index contributed by atoms with van der Waals surface area (Å²) in [5.41, 5.74) is 3.47. The van der Waals surface area contributed by atoms with Crippen LogP contribution in [0.5, 0.6) is 0 Å². The maximum absolute atomic E-state index is 12.2. The molecule has 0 saturated heterocycles. The molecule has 19 heavy (non-hydrogen) atoms. The molecule has 100 valence electrons. The zero-order chi connectivity index (χ0) is 14.0. The van der Waals surface area contributed by atoms with Crippen molar-refractivity contribution in [3.8, 4) is 0 Å². The number of hydrogen-bond acceptors (Lipinski definition) is 2. The molecule has 1 aliphatic carbocycles. The number of allylic oxidation sites excluding steroid dienone is 2. The van der Waals surface area contributed by atoms with Gasteiger partial charge in [0.2, 0.25) is 0 Å². The zero-order valence-corrected chi connectivity index (χ0v) is 11.9. The van der Waals surface area contributed by atoms with Crippen molar-refractivity contribution in [3.63, 3.8) is 0 Å². The number of carbonyl (C=O) groups excluding carboxylic acids is 2. The first-order valence-electron chi connectivity index (χ1n) is 6.96. The minimum atomic E-state index is -0.00721. The normalized spacial score (nSPS) is 14.9. The molecule has 1 aromatic rings. The van der Waals surface area contributed by atoms with Crippen molar-refractivity contribution in [2.45, 2.75) is 46.5 Å². The van der Waals surface area contributed by atoms with E-state index in [1.54, 1.807) is 13.8 Å². The molecule has 0 atom stereocenters. The molecule has 0 spiro atoms. The van der Waals surface area contributed by atoms with E-state index in [0.29, 0.717) is 22.3 Å². The van der Waals surface area contributed by atoms with E-state index in [2.05, 4.69) is 6.92 Å². The van der Waals surface area contributed by atoms with Crippen LogP contribution in [-0.2, 0) is 6.42 Å². The number of Topliss-reactive ketones (excluding diaryl/α,β-unsaturated/α-hetero) is 2. The predicted molar refractivity (Wildman–Crippen MR) is 76.7 cm³/mol. The Balaban J connectivity index is 2.33. The van der Waals surface area contributed by atoms with Crippen molar-refractivity contribution in [1.29, 1.82) is 0 Å². The first-order valence-corrected chi connectivity index (χ1v) is 6.96. The van der Waals surface area contributed by atoms with Crippen molar-refractivity contribution in [1.82, 2.24) is 0 Å². The molecule has 0 N–H and O–H groups in total. The van der Waals surface area contributed by atoms with Gasteiger partial charge in [-0.25, -0.2) is 0 Å². The van der Waals surface area contributed by atoms with E-state index in [9.17, 15) is 9.59 Å². The van der Waals surface area contributed by atoms with Crippen molar-refractivity contribution < 1.29 is 9.59 Å². The summed E-state index contributed by atoms with van der Waals surface area (Å²) >= 11 is 0. The topological polar surface area (TPSA) is 34.1 Å². The lowest BCUT2D eigenvalue weighted by Crippen LogP contribution is -2.19. The van der Waals surface area contributed by atoms with Gasteiger partial charge in [-0.15, -0.1) is 0 Å². The fourth-order valence-electron chi connectivity index (χ4n) is 2.46. The van der Waals surface area contributed by atoms with Gasteiger partial charge in [0.05, 0.1) is 0 Å². The van der Waals surface area contributed by atoms with Crippen molar-refractivity contribution in [2.75, 3.05) is 0 Å². The lowest BCUT2D eigenvalue weighted by atomic mass is 9.84. The third-order valence-electron chi connectivity index (χ3n) is 3.89. The smallest absolute Gasteiger partial charge is 0.189 e. The largest absolute Gasteiger partial charge is 0.289 e. The number of benzene rings is 1. The number of fused-ring (bicyclic) bond motifs is 1. The predicted octanol–water partition coefficient (Wildman–Crippen LogP) is 4.13. The standard InChI is InChI=1S/C17H20O2/c1-4-5-6-7-13-8-9-14-15(10-13)17(19)12(3)11(2)16(14)18/h8-10H,4-7H2,1-3H3. The van der Waals surface area contributed by atoms with Gasteiger partial charge in [0.15, 0.2) is 11.6 Å². The van der Waals surface area contributed by atoms with Crippen LogP contribution in [0.15, 0.2) is 29.3 Å². The Labute approximate surface area is 114 Å². The number of aryl methyl sites for hydroxylation is 1. The minimum Gasteiger partial charge on any atom is -0.289 e. The number of carbonyl (C=O) groups is 2. The van der Waals surface area contributed by atoms with E-state index < -0.39 is 0 Å². The minimum absolute atomic E-state index is 0.00411. The van der Waals surface area contributed by atoms with Gasteiger partial charge in [0.1, 0.15) is 0 Å². The Kier molecular flexibility index (Phi) is 3.98. The molecule has 0 radical (unpaired) electrons. The van der Waals surface area contributed by atoms with Gasteiger partial charge >= 0.3 is 0 Å². The molecule has 1 aliphatic rings. The number of ketones is 2. The van der Waals surface area contributed by atoms with Crippen molar-refractivity contribution in [3.05, 3.63) is 46.0 Å². The first kappa shape index (κ1) is 13.7. The summed E-state index contributed by atoms with van der Waals surface area (Å²) in [6, 6.07) is 5.70. The molecule has 0 saturated carbocycles. The molecular weight excluding hydrogens is 236 g/mol. The Hall–Kier alpha value is -1.70. The highest BCUT2D eigenvalue weighted by atomic mass is 16.1. The zero-order valence-electron chi connectivity index (χ0n) is 11.9. The number of unbranched alkanes of at least 4 members (excludes halogenated alkanes) is 2. The van der Waals surface area contributed by atoms with Crippen molar-refractivity contribution in [2.24, 2.45) is 0 Å². The Bertz CT molecular complexity index is 565. The molecule has 2 heteroatoms. The van der Waals surface area contributed by atoms with Crippen LogP contribution in [0.4, 0.5) is 0 Å². The fourth-order valence-corrected chi connectivity index (χ4v) is 2.46. The molecule has 0 aromatic heterocycles. The molecule has 0 fully saturated rings. The molecule has 1 aromatic carbocycles. The third-order valence-corrected chi connectivity index (χ3v) is 3.89. The second-order valence-corrected chi connectivity index (χ2v) is 5.25. The first-order chi connectivity index (χ1) is 9.06. The van der Waals surface area contributed by atoms with Crippen LogP contribution >= 0.6 is 0 Å². The molecule has 0 unspecified atom stereocenters. The molecule has 0 aliphatic heterocycles. The van der Waals surface area contributed by atoms with Gasteiger partial charge in [0.25, 0.3) is 0 Å². The summed E-state index contributed by atoms with van der Waals surface area (Å²) in [6.07, 6.45) is 4.49. The van der Waals surface area contributed by atoms with Gasteiger partial charge in [-0.3, -0.25) is 9.59 Å². The monoisotopic (exact) mass is 256 g/mol. The Morgan fingerprint density at radius 3 is 2.16 bits per heavy atom. The molecule has 0 bridgehead atoms. The van der Waals surface area contributed by atoms with E-state index in [4.69, 9.17) is 0 Å². The molecule has 2 rings (SSSR count). The summed E-state index contributed by atoms with van der Waals surface area (Å²) in [6.45, 7) is 5.64. The van der Waals surface area contributed by atoms with Crippen LogP contribution < -0.4 is 0 Å². The van der Waals surface area contributed by atoms with Crippen LogP contribution in [-0.4, -0.2) is 11.6 Å². The van der Waals surface area contributed by atoms with Gasteiger partial charge < -0.3 is 0 Å². The fraction of sp³-hybridized carbons (Fsp3) is 0.412. The summed E-state index contributed by atoms with van der Waals surface area (Å²) in [4.78, 5) is 24.4. The summed E-state index contributed by atoms with van der Waals surface area (Å²) in [5.74, 6) is -0.00310. The SMILES string of the molecule is CCCCCc1ccc2c(c1)C(=O)C(C)=C(C)C2=O. The number of hydrogen-bond donors (Lipinski definition) is 0. The van der Waals surface area contributed by atoms with E-state index in [0.717, 1.165) is 18.4 Å². The van der Waals surface area contributed by atoms with Gasteiger partial charge in [-0.2, -0.15) is 0 Å². The quantitative estimate of drug-likeness (QED) is 0.759. The average Bonchev–Trinajstić information content (AvgIpc) is 2.43. The molecule has 0 heterocycles. The average molecular weight is 256 g/mol. The summed E-state index contributed by atoms with van der Waals surface area (Å²) < 4.78 is 0. The van der Waals surface area contributed by atoms with Crippen LogP contribution in [0.3, 0.4) is 0 Å². The lowest BCUT2D eigenvalue weighted by Gasteiger charge is -2.17. The van der Waals surface area contributed by atoms with E-state index in [-0.39, 0.29) is 11.6 Å². The second kappa shape index (κ2) is 5.52. The molecule has 0 amide bonds. The summed E-state index contributed by atoms with van der Waals surface area (Å²) in [7, 11) is 0. The van der Waals surface area contributed by atoms with E-state index in [1.165, 1.54) is 12.8 Å². The second-order valence-electron chi connectivity index (χ2n) is 5.25. The van der Waals surface area contributed by atoms with Crippen LogP contribution in [0.25, 0.3) is 0 Å². The van der Waals surface area contributed by atoms with Gasteiger partial charge in [-0.1, -0.05) is 31.9 Å². The van der Waals surface area contributed by atoms with Crippen LogP contribution in [0, 0.1) is 0 Å². The van der Waals surface area contributed by atoms with Crippen LogP contribution in [0.2, 0.25) is 0 Å². The Morgan fingerprint density at radius 2 is 1.53 bits per heavy atom.